The fourth-order valence-electron chi connectivity index (χ4n) is 7.01. The number of unbranched alkanes of at least 4 members (excludes halogenated alkanes) is 20. The highest BCUT2D eigenvalue weighted by atomic mass is 31.2. The second-order valence-electron chi connectivity index (χ2n) is 18.9. The Morgan fingerprint density at radius 2 is 0.851 bits per heavy atom. The molecule has 2 unspecified atom stereocenters. The van der Waals surface area contributed by atoms with E-state index in [2.05, 4.69) is 98.9 Å². The van der Waals surface area contributed by atoms with Crippen molar-refractivity contribution >= 4 is 19.8 Å². The normalized spacial score (nSPS) is 14.1. The van der Waals surface area contributed by atoms with Crippen molar-refractivity contribution in [2.24, 2.45) is 0 Å². The minimum absolute atomic E-state index is 0.0376. The number of hydrogen-bond donors (Lipinski definition) is 0. The van der Waals surface area contributed by atoms with Crippen molar-refractivity contribution in [3.8, 4) is 0 Å². The lowest BCUT2D eigenvalue weighted by atomic mass is 10.1. The smallest absolute Gasteiger partial charge is 0.306 e. The quantitative estimate of drug-likeness (QED) is 0.0195. The molecular weight excluding hydrogens is 858 g/mol. The SMILES string of the molecule is CC/C=C\C/C=C\C/C=C\C/C=C\C/C=C\C/C=C\CCCCCCCCCCC(=O)OC(COC(=O)CCCCCCC/C=C\CCCCCCCCC)COP(=O)([O-])OCC[N+](C)(C)C. The molecule has 0 radical (unpaired) electrons. The lowest BCUT2D eigenvalue weighted by Gasteiger charge is -2.28. The van der Waals surface area contributed by atoms with Crippen molar-refractivity contribution in [1.82, 2.24) is 0 Å². The zero-order chi connectivity index (χ0) is 49.2. The number of allylic oxidation sites excluding steroid dienone is 14. The number of carbonyl (C=O) groups excluding carboxylic acids is 2. The summed E-state index contributed by atoms with van der Waals surface area (Å²) in [4.78, 5) is 37.8. The first-order valence-corrected chi connectivity index (χ1v) is 28.3. The highest BCUT2D eigenvalue weighted by molar-refractivity contribution is 7.45. The summed E-state index contributed by atoms with van der Waals surface area (Å²) in [6.45, 7) is 4.10. The molecule has 0 amide bonds. The van der Waals surface area contributed by atoms with E-state index >= 15 is 0 Å². The second kappa shape index (κ2) is 48.2. The molecular formula is C57H100NO8P. The number of esters is 2. The average Bonchev–Trinajstić information content (AvgIpc) is 3.29. The Bertz CT molecular complexity index is 1410. The molecule has 0 aliphatic carbocycles. The fraction of sp³-hybridized carbons (Fsp3) is 0.719. The van der Waals surface area contributed by atoms with Crippen molar-refractivity contribution in [1.29, 1.82) is 0 Å². The van der Waals surface area contributed by atoms with Crippen LogP contribution in [-0.2, 0) is 32.7 Å². The number of quaternary nitrogens is 1. The molecule has 0 aromatic carbocycles. The van der Waals surface area contributed by atoms with Gasteiger partial charge in [0.2, 0.25) is 0 Å². The highest BCUT2D eigenvalue weighted by Gasteiger charge is 2.21. The van der Waals surface area contributed by atoms with Crippen molar-refractivity contribution in [3.63, 3.8) is 0 Å². The van der Waals surface area contributed by atoms with Gasteiger partial charge in [-0.05, 0) is 89.9 Å². The maximum atomic E-state index is 12.8. The topological polar surface area (TPSA) is 111 Å². The number of phosphoric acid groups is 1. The summed E-state index contributed by atoms with van der Waals surface area (Å²) in [5, 5.41) is 0. The maximum absolute atomic E-state index is 12.8. The predicted molar refractivity (Wildman–Crippen MR) is 282 cm³/mol. The van der Waals surface area contributed by atoms with Gasteiger partial charge in [-0.2, -0.15) is 0 Å². The van der Waals surface area contributed by atoms with E-state index in [1.165, 1.54) is 77.0 Å². The van der Waals surface area contributed by atoms with Gasteiger partial charge < -0.3 is 27.9 Å². The van der Waals surface area contributed by atoms with Gasteiger partial charge in [-0.3, -0.25) is 14.2 Å². The number of rotatable bonds is 48. The summed E-state index contributed by atoms with van der Waals surface area (Å²) in [7, 11) is 1.15. The van der Waals surface area contributed by atoms with Crippen LogP contribution in [0.2, 0.25) is 0 Å². The van der Waals surface area contributed by atoms with Crippen molar-refractivity contribution < 1.29 is 42.1 Å². The van der Waals surface area contributed by atoms with E-state index in [0.29, 0.717) is 23.9 Å². The molecule has 0 fully saturated rings. The van der Waals surface area contributed by atoms with Gasteiger partial charge >= 0.3 is 11.9 Å². The van der Waals surface area contributed by atoms with Crippen LogP contribution in [0.15, 0.2) is 85.1 Å². The Kier molecular flexibility index (Phi) is 46.2. The van der Waals surface area contributed by atoms with Crippen LogP contribution >= 0.6 is 7.82 Å². The Labute approximate surface area is 411 Å². The molecule has 0 rings (SSSR count). The van der Waals surface area contributed by atoms with Crippen molar-refractivity contribution in [2.75, 3.05) is 47.5 Å². The summed E-state index contributed by atoms with van der Waals surface area (Å²) in [5.41, 5.74) is 0. The van der Waals surface area contributed by atoms with Crippen LogP contribution in [0.4, 0.5) is 0 Å². The van der Waals surface area contributed by atoms with E-state index in [1.54, 1.807) is 0 Å². The summed E-state index contributed by atoms with van der Waals surface area (Å²) >= 11 is 0. The van der Waals surface area contributed by atoms with E-state index in [9.17, 15) is 19.0 Å². The summed E-state index contributed by atoms with van der Waals surface area (Å²) in [6.07, 6.45) is 63.3. The van der Waals surface area contributed by atoms with E-state index < -0.39 is 32.5 Å². The van der Waals surface area contributed by atoms with Crippen LogP contribution in [0.1, 0.15) is 213 Å². The Hall–Kier alpha value is -2.81. The van der Waals surface area contributed by atoms with Gasteiger partial charge in [-0.25, -0.2) is 0 Å². The number of likely N-dealkylation sites (N-methyl/N-ethyl adjacent to an activating group) is 1. The molecule has 9 nitrogen and oxygen atoms in total. The summed E-state index contributed by atoms with van der Waals surface area (Å²) in [6, 6.07) is 0. The monoisotopic (exact) mass is 958 g/mol. The highest BCUT2D eigenvalue weighted by Crippen LogP contribution is 2.38. The first-order chi connectivity index (χ1) is 32.5. The standard InChI is InChI=1S/C57H100NO8P/c1-6-8-10-12-14-16-18-20-22-24-25-26-27-28-29-30-31-32-33-34-36-38-40-42-44-46-48-50-57(60)66-55(54-65-67(61,62)64-52-51-58(3,4)5)53-63-56(59)49-47-45-43-41-39-37-35-23-21-19-17-15-13-11-9-7-2/h8,10,14,16,20,22-23,25-26,28-29,31-32,35,55H,6-7,9,11-13,15,17-19,21,24,27,30,33-34,36-54H2,1-5H3/b10-8-,16-14-,22-20-,26-25-,29-28-,32-31-,35-23-. The molecule has 0 saturated carbocycles. The van der Waals surface area contributed by atoms with Crippen LogP contribution in [-0.4, -0.2) is 70.0 Å². The van der Waals surface area contributed by atoms with Crippen LogP contribution in [0, 0.1) is 0 Å². The molecule has 0 aliphatic rings. The number of nitrogens with zero attached hydrogens (tertiary/aromatic N) is 1. The zero-order valence-electron chi connectivity index (χ0n) is 43.6. The molecule has 0 aliphatic heterocycles. The number of hydrogen-bond acceptors (Lipinski definition) is 8. The molecule has 0 heterocycles. The van der Waals surface area contributed by atoms with Gasteiger partial charge in [0.1, 0.15) is 19.8 Å². The van der Waals surface area contributed by atoms with E-state index in [-0.39, 0.29) is 26.1 Å². The van der Waals surface area contributed by atoms with E-state index in [0.717, 1.165) is 96.3 Å². The molecule has 0 aromatic rings. The number of carbonyl (C=O) groups is 2. The van der Waals surface area contributed by atoms with E-state index in [4.69, 9.17) is 18.5 Å². The predicted octanol–water partition coefficient (Wildman–Crippen LogP) is 15.7. The molecule has 2 atom stereocenters. The number of ether oxygens (including phenoxy) is 2. The third-order valence-electron chi connectivity index (χ3n) is 11.1. The van der Waals surface area contributed by atoms with Gasteiger partial charge in [0.25, 0.3) is 7.82 Å². The van der Waals surface area contributed by atoms with Gasteiger partial charge in [-0.1, -0.05) is 195 Å². The third-order valence-corrected chi connectivity index (χ3v) is 12.1. The first-order valence-electron chi connectivity index (χ1n) is 26.8. The molecule has 10 heteroatoms. The lowest BCUT2D eigenvalue weighted by Crippen LogP contribution is -2.37. The molecule has 0 saturated heterocycles. The molecule has 0 N–H and O–H groups in total. The van der Waals surface area contributed by atoms with Gasteiger partial charge in [-0.15, -0.1) is 0 Å². The van der Waals surface area contributed by atoms with Gasteiger partial charge in [0.15, 0.2) is 6.10 Å². The van der Waals surface area contributed by atoms with Crippen LogP contribution in [0.25, 0.3) is 0 Å². The minimum Gasteiger partial charge on any atom is -0.756 e. The van der Waals surface area contributed by atoms with Crippen LogP contribution in [0.3, 0.4) is 0 Å². The second-order valence-corrected chi connectivity index (χ2v) is 20.3. The summed E-state index contributed by atoms with van der Waals surface area (Å²) < 4.78 is 34.1. The van der Waals surface area contributed by atoms with Crippen LogP contribution < -0.4 is 4.89 Å². The minimum atomic E-state index is -4.64. The molecule has 0 bridgehead atoms. The first kappa shape index (κ1) is 64.2. The summed E-state index contributed by atoms with van der Waals surface area (Å²) in [5.74, 6) is -0.856. The number of phosphoric ester groups is 1. The molecule has 67 heavy (non-hydrogen) atoms. The Morgan fingerprint density at radius 3 is 1.28 bits per heavy atom. The van der Waals surface area contributed by atoms with Gasteiger partial charge in [0, 0.05) is 12.8 Å². The van der Waals surface area contributed by atoms with Crippen molar-refractivity contribution in [3.05, 3.63) is 85.1 Å². The average molecular weight is 958 g/mol. The molecule has 386 valence electrons. The maximum Gasteiger partial charge on any atom is 0.306 e. The Morgan fingerprint density at radius 1 is 0.478 bits per heavy atom. The molecule has 0 spiro atoms. The largest absolute Gasteiger partial charge is 0.756 e. The van der Waals surface area contributed by atoms with E-state index in [1.807, 2.05) is 21.1 Å². The van der Waals surface area contributed by atoms with Crippen molar-refractivity contribution in [2.45, 2.75) is 219 Å². The third kappa shape index (κ3) is 52.4. The zero-order valence-corrected chi connectivity index (χ0v) is 44.5. The lowest BCUT2D eigenvalue weighted by molar-refractivity contribution is -0.870. The fourth-order valence-corrected chi connectivity index (χ4v) is 7.73. The van der Waals surface area contributed by atoms with Gasteiger partial charge in [0.05, 0.1) is 27.7 Å². The Balaban J connectivity index is 4.25. The van der Waals surface area contributed by atoms with Crippen LogP contribution in [0.5, 0.6) is 0 Å². The molecule has 0 aromatic heterocycles.